The van der Waals surface area contributed by atoms with Crippen molar-refractivity contribution in [3.8, 4) is 5.75 Å². The van der Waals surface area contributed by atoms with Gasteiger partial charge in [0.15, 0.2) is 0 Å². The molecule has 3 nitrogen and oxygen atoms in total. The molecular formula is C16H14FNO2. The first-order chi connectivity index (χ1) is 9.65. The maximum atomic E-state index is 12.9. The van der Waals surface area contributed by atoms with E-state index in [1.807, 2.05) is 31.2 Å². The summed E-state index contributed by atoms with van der Waals surface area (Å²) in [6, 6.07) is 13.0. The van der Waals surface area contributed by atoms with Gasteiger partial charge >= 0.3 is 0 Å². The van der Waals surface area contributed by atoms with Crippen LogP contribution in [0.5, 0.6) is 5.75 Å². The SMILES string of the molecule is CC1CN(C(=O)c2ccc(F)cc2)c2ccccc2O1. The van der Waals surface area contributed by atoms with E-state index in [1.54, 1.807) is 4.90 Å². The molecular weight excluding hydrogens is 257 g/mol. The molecule has 1 atom stereocenters. The molecule has 1 heterocycles. The summed E-state index contributed by atoms with van der Waals surface area (Å²) in [6.07, 6.45) is -0.0747. The molecule has 0 fully saturated rings. The highest BCUT2D eigenvalue weighted by Gasteiger charge is 2.27. The van der Waals surface area contributed by atoms with Crippen molar-refractivity contribution in [3.63, 3.8) is 0 Å². The van der Waals surface area contributed by atoms with Gasteiger partial charge in [-0.1, -0.05) is 12.1 Å². The molecule has 2 aromatic carbocycles. The van der Waals surface area contributed by atoms with Crippen LogP contribution in [-0.4, -0.2) is 18.6 Å². The second kappa shape index (κ2) is 4.96. The fourth-order valence-electron chi connectivity index (χ4n) is 2.33. The number of rotatable bonds is 1. The molecule has 1 aliphatic heterocycles. The van der Waals surface area contributed by atoms with Crippen LogP contribution in [0.25, 0.3) is 0 Å². The van der Waals surface area contributed by atoms with Crippen LogP contribution in [0.3, 0.4) is 0 Å². The quantitative estimate of drug-likeness (QED) is 0.796. The number of para-hydroxylation sites is 2. The highest BCUT2D eigenvalue weighted by Crippen LogP contribution is 2.33. The lowest BCUT2D eigenvalue weighted by molar-refractivity contribution is 0.0961. The molecule has 4 heteroatoms. The van der Waals surface area contributed by atoms with Gasteiger partial charge in [0.25, 0.3) is 5.91 Å². The summed E-state index contributed by atoms with van der Waals surface area (Å²) < 4.78 is 18.7. The van der Waals surface area contributed by atoms with E-state index < -0.39 is 0 Å². The van der Waals surface area contributed by atoms with Gasteiger partial charge < -0.3 is 9.64 Å². The lowest BCUT2D eigenvalue weighted by Gasteiger charge is -2.33. The summed E-state index contributed by atoms with van der Waals surface area (Å²) in [4.78, 5) is 14.2. The maximum absolute atomic E-state index is 12.9. The van der Waals surface area contributed by atoms with Gasteiger partial charge in [0.1, 0.15) is 17.7 Å². The zero-order valence-corrected chi connectivity index (χ0v) is 11.0. The molecule has 1 aliphatic rings. The minimum Gasteiger partial charge on any atom is -0.487 e. The first kappa shape index (κ1) is 12.7. The fraction of sp³-hybridized carbons (Fsp3) is 0.188. The molecule has 0 N–H and O–H groups in total. The van der Waals surface area contributed by atoms with Crippen LogP contribution in [0, 0.1) is 5.82 Å². The molecule has 0 spiro atoms. The Morgan fingerprint density at radius 3 is 2.65 bits per heavy atom. The molecule has 102 valence electrons. The number of amides is 1. The van der Waals surface area contributed by atoms with Crippen LogP contribution >= 0.6 is 0 Å². The molecule has 0 aromatic heterocycles. The van der Waals surface area contributed by atoms with Crippen LogP contribution in [0.1, 0.15) is 17.3 Å². The number of anilines is 1. The average Bonchev–Trinajstić information content (AvgIpc) is 2.46. The Labute approximate surface area is 116 Å². The molecule has 1 amide bonds. The molecule has 0 saturated carbocycles. The van der Waals surface area contributed by atoms with E-state index >= 15 is 0 Å². The maximum Gasteiger partial charge on any atom is 0.258 e. The summed E-state index contributed by atoms with van der Waals surface area (Å²) >= 11 is 0. The summed E-state index contributed by atoms with van der Waals surface area (Å²) in [5.41, 5.74) is 1.22. The van der Waals surface area contributed by atoms with E-state index in [4.69, 9.17) is 4.74 Å². The zero-order chi connectivity index (χ0) is 14.1. The highest BCUT2D eigenvalue weighted by atomic mass is 19.1. The smallest absolute Gasteiger partial charge is 0.258 e. The van der Waals surface area contributed by atoms with Crippen molar-refractivity contribution >= 4 is 11.6 Å². The third-order valence-corrected chi connectivity index (χ3v) is 3.26. The van der Waals surface area contributed by atoms with Crippen LogP contribution in [0.15, 0.2) is 48.5 Å². The molecule has 0 radical (unpaired) electrons. The van der Waals surface area contributed by atoms with E-state index in [0.29, 0.717) is 17.9 Å². The van der Waals surface area contributed by atoms with Crippen LogP contribution in [0.2, 0.25) is 0 Å². The monoisotopic (exact) mass is 271 g/mol. The number of benzene rings is 2. The van der Waals surface area contributed by atoms with E-state index in [1.165, 1.54) is 24.3 Å². The number of carbonyl (C=O) groups excluding carboxylic acids is 1. The normalized spacial score (nSPS) is 17.3. The van der Waals surface area contributed by atoms with E-state index in [-0.39, 0.29) is 17.8 Å². The van der Waals surface area contributed by atoms with Crippen molar-refractivity contribution in [2.24, 2.45) is 0 Å². The lowest BCUT2D eigenvalue weighted by Crippen LogP contribution is -2.42. The number of hydrogen-bond acceptors (Lipinski definition) is 2. The predicted octanol–water partition coefficient (Wildman–Crippen LogP) is 3.25. The van der Waals surface area contributed by atoms with Gasteiger partial charge in [0, 0.05) is 5.56 Å². The van der Waals surface area contributed by atoms with Crippen molar-refractivity contribution in [3.05, 3.63) is 59.9 Å². The first-order valence-electron chi connectivity index (χ1n) is 6.48. The van der Waals surface area contributed by atoms with Gasteiger partial charge in [0.2, 0.25) is 0 Å². The van der Waals surface area contributed by atoms with Gasteiger partial charge in [0.05, 0.1) is 12.2 Å². The third kappa shape index (κ3) is 2.25. The fourth-order valence-corrected chi connectivity index (χ4v) is 2.33. The summed E-state index contributed by atoms with van der Waals surface area (Å²) in [6.45, 7) is 2.40. The topological polar surface area (TPSA) is 29.5 Å². The van der Waals surface area contributed by atoms with Crippen LogP contribution in [-0.2, 0) is 0 Å². The van der Waals surface area contributed by atoms with Gasteiger partial charge in [-0.15, -0.1) is 0 Å². The molecule has 1 unspecified atom stereocenters. The van der Waals surface area contributed by atoms with E-state index in [9.17, 15) is 9.18 Å². The number of ether oxygens (including phenoxy) is 1. The van der Waals surface area contributed by atoms with Gasteiger partial charge in [-0.05, 0) is 43.3 Å². The van der Waals surface area contributed by atoms with Crippen molar-refractivity contribution in [1.29, 1.82) is 0 Å². The Bertz CT molecular complexity index is 639. The summed E-state index contributed by atoms with van der Waals surface area (Å²) in [5.74, 6) is 0.201. The molecule has 20 heavy (non-hydrogen) atoms. The van der Waals surface area contributed by atoms with Crippen molar-refractivity contribution in [1.82, 2.24) is 0 Å². The first-order valence-corrected chi connectivity index (χ1v) is 6.48. The van der Waals surface area contributed by atoms with Crippen LogP contribution < -0.4 is 9.64 Å². The highest BCUT2D eigenvalue weighted by molar-refractivity contribution is 6.07. The second-order valence-corrected chi connectivity index (χ2v) is 4.82. The average molecular weight is 271 g/mol. The zero-order valence-electron chi connectivity index (χ0n) is 11.0. The predicted molar refractivity (Wildman–Crippen MR) is 74.6 cm³/mol. The van der Waals surface area contributed by atoms with Gasteiger partial charge in [-0.25, -0.2) is 4.39 Å². The minimum absolute atomic E-state index is 0.0747. The second-order valence-electron chi connectivity index (χ2n) is 4.82. The number of fused-ring (bicyclic) bond motifs is 1. The van der Waals surface area contributed by atoms with Crippen LogP contribution in [0.4, 0.5) is 10.1 Å². The molecule has 2 aromatic rings. The Balaban J connectivity index is 1.97. The van der Waals surface area contributed by atoms with E-state index in [0.717, 1.165) is 5.69 Å². The van der Waals surface area contributed by atoms with Gasteiger partial charge in [-0.2, -0.15) is 0 Å². The Morgan fingerprint density at radius 1 is 1.20 bits per heavy atom. The van der Waals surface area contributed by atoms with E-state index in [2.05, 4.69) is 0 Å². The molecule has 0 saturated heterocycles. The summed E-state index contributed by atoms with van der Waals surface area (Å²) in [7, 11) is 0. The Kier molecular flexibility index (Phi) is 3.14. The number of nitrogens with zero attached hydrogens (tertiary/aromatic N) is 1. The standard InChI is InChI=1S/C16H14FNO2/c1-11-10-18(14-4-2-3-5-15(14)20-11)16(19)12-6-8-13(17)9-7-12/h2-9,11H,10H2,1H3. The molecule has 3 rings (SSSR count). The van der Waals surface area contributed by atoms with Gasteiger partial charge in [-0.3, -0.25) is 4.79 Å². The minimum atomic E-state index is -0.350. The van der Waals surface area contributed by atoms with Crippen molar-refractivity contribution in [2.45, 2.75) is 13.0 Å². The van der Waals surface area contributed by atoms with Crippen molar-refractivity contribution < 1.29 is 13.9 Å². The summed E-state index contributed by atoms with van der Waals surface area (Å²) in [5, 5.41) is 0. The number of hydrogen-bond donors (Lipinski definition) is 0. The molecule has 0 bridgehead atoms. The molecule has 0 aliphatic carbocycles. The Morgan fingerprint density at radius 2 is 1.90 bits per heavy atom. The van der Waals surface area contributed by atoms with Crippen molar-refractivity contribution in [2.75, 3.05) is 11.4 Å². The Hall–Kier alpha value is -2.36. The largest absolute Gasteiger partial charge is 0.487 e. The lowest BCUT2D eigenvalue weighted by atomic mass is 10.1. The number of carbonyl (C=O) groups is 1. The third-order valence-electron chi connectivity index (χ3n) is 3.26. The number of halogens is 1.